The van der Waals surface area contributed by atoms with Crippen molar-refractivity contribution in [3.63, 3.8) is 0 Å². The summed E-state index contributed by atoms with van der Waals surface area (Å²) in [6.45, 7) is 0. The topological polar surface area (TPSA) is 125 Å². The van der Waals surface area contributed by atoms with E-state index in [0.29, 0.717) is 33.3 Å². The van der Waals surface area contributed by atoms with E-state index in [1.165, 1.54) is 30.6 Å². The lowest BCUT2D eigenvalue weighted by molar-refractivity contribution is -0.385. The van der Waals surface area contributed by atoms with Crippen LogP contribution in [0.4, 0.5) is 5.69 Å². The standard InChI is InChI=1S/C25H15N3O6/c29-25(30)17-5-1-3-7-19(17)33-20-11-13-26-23-15(20)9-10-16-21(12-14-27-24(16)23)34-22-8-4-2-6-18(22)28(31)32/h1-14H,(H,29,30). The number of carbonyl (C=O) groups is 1. The molecule has 0 amide bonds. The van der Waals surface area contributed by atoms with Gasteiger partial charge in [-0.25, -0.2) is 4.79 Å². The maximum atomic E-state index is 11.5. The number of pyridine rings is 2. The SMILES string of the molecule is O=C(O)c1ccccc1Oc1ccnc2c1ccc1c(Oc3ccccc3[N+](=O)[O-])ccnc12. The van der Waals surface area contributed by atoms with Crippen molar-refractivity contribution in [3.05, 3.63) is 101 Å². The first-order chi connectivity index (χ1) is 16.5. The molecule has 5 rings (SSSR count). The number of nitro benzene ring substituents is 1. The minimum atomic E-state index is -1.10. The number of aromatic carboxylic acids is 1. The number of hydrogen-bond acceptors (Lipinski definition) is 7. The van der Waals surface area contributed by atoms with Crippen LogP contribution in [-0.2, 0) is 0 Å². The smallest absolute Gasteiger partial charge is 0.339 e. The van der Waals surface area contributed by atoms with Crippen molar-refractivity contribution in [3.8, 4) is 23.0 Å². The predicted molar refractivity (Wildman–Crippen MR) is 124 cm³/mol. The molecule has 0 spiro atoms. The van der Waals surface area contributed by atoms with Gasteiger partial charge in [-0.05, 0) is 42.5 Å². The molecule has 9 nitrogen and oxygen atoms in total. The summed E-state index contributed by atoms with van der Waals surface area (Å²) < 4.78 is 11.8. The summed E-state index contributed by atoms with van der Waals surface area (Å²) in [5.41, 5.74) is 0.895. The van der Waals surface area contributed by atoms with E-state index in [1.807, 2.05) is 0 Å². The molecule has 2 heterocycles. The molecule has 1 N–H and O–H groups in total. The molecule has 0 radical (unpaired) electrons. The molecule has 5 aromatic rings. The summed E-state index contributed by atoms with van der Waals surface area (Å²) in [7, 11) is 0. The molecule has 2 aromatic heterocycles. The summed E-state index contributed by atoms with van der Waals surface area (Å²) in [5.74, 6) is -0.00437. The molecule has 0 fully saturated rings. The number of para-hydroxylation sites is 3. The largest absolute Gasteiger partial charge is 0.478 e. The molecule has 3 aromatic carbocycles. The number of rotatable bonds is 6. The first kappa shape index (κ1) is 20.8. The molecule has 0 aliphatic heterocycles. The third-order valence-corrected chi connectivity index (χ3v) is 5.16. The van der Waals surface area contributed by atoms with Crippen molar-refractivity contribution in [2.75, 3.05) is 0 Å². The molecular weight excluding hydrogens is 438 g/mol. The Morgan fingerprint density at radius 2 is 1.26 bits per heavy atom. The monoisotopic (exact) mass is 453 g/mol. The average Bonchev–Trinajstić information content (AvgIpc) is 2.84. The third-order valence-electron chi connectivity index (χ3n) is 5.16. The Balaban J connectivity index is 1.61. The molecule has 0 atom stereocenters. The molecule has 34 heavy (non-hydrogen) atoms. The van der Waals surface area contributed by atoms with E-state index >= 15 is 0 Å². The number of carboxylic acid groups (broad SMARTS) is 1. The summed E-state index contributed by atoms with van der Waals surface area (Å²) in [6, 6.07) is 19.2. The highest BCUT2D eigenvalue weighted by Crippen LogP contribution is 2.38. The van der Waals surface area contributed by atoms with Crippen LogP contribution < -0.4 is 9.47 Å². The highest BCUT2D eigenvalue weighted by molar-refractivity contribution is 6.07. The van der Waals surface area contributed by atoms with Crippen LogP contribution in [0, 0.1) is 10.1 Å². The minimum Gasteiger partial charge on any atom is -0.478 e. The van der Waals surface area contributed by atoms with E-state index in [-0.39, 0.29) is 22.7 Å². The maximum Gasteiger partial charge on any atom is 0.339 e. The molecule has 166 valence electrons. The van der Waals surface area contributed by atoms with Crippen LogP contribution in [0.5, 0.6) is 23.0 Å². The first-order valence-corrected chi connectivity index (χ1v) is 10.1. The first-order valence-electron chi connectivity index (χ1n) is 10.1. The summed E-state index contributed by atoms with van der Waals surface area (Å²) >= 11 is 0. The molecule has 0 unspecified atom stereocenters. The van der Waals surface area contributed by atoms with Gasteiger partial charge in [-0.15, -0.1) is 0 Å². The summed E-state index contributed by atoms with van der Waals surface area (Å²) in [6.07, 6.45) is 3.07. The second kappa shape index (κ2) is 8.47. The highest BCUT2D eigenvalue weighted by Gasteiger charge is 2.18. The fourth-order valence-corrected chi connectivity index (χ4v) is 3.62. The van der Waals surface area contributed by atoms with E-state index in [0.717, 1.165) is 0 Å². The number of ether oxygens (including phenoxy) is 2. The van der Waals surface area contributed by atoms with Gasteiger partial charge in [0.25, 0.3) is 0 Å². The zero-order valence-electron chi connectivity index (χ0n) is 17.4. The van der Waals surface area contributed by atoms with Crippen molar-refractivity contribution < 1.29 is 24.3 Å². The minimum absolute atomic E-state index is 0.0338. The van der Waals surface area contributed by atoms with Gasteiger partial charge in [0.15, 0.2) is 0 Å². The van der Waals surface area contributed by atoms with Gasteiger partial charge in [-0.1, -0.05) is 24.3 Å². The van der Waals surface area contributed by atoms with Gasteiger partial charge in [0, 0.05) is 29.2 Å². The maximum absolute atomic E-state index is 11.5. The van der Waals surface area contributed by atoms with Gasteiger partial charge in [0.2, 0.25) is 5.75 Å². The van der Waals surface area contributed by atoms with E-state index in [4.69, 9.17) is 9.47 Å². The van der Waals surface area contributed by atoms with Crippen molar-refractivity contribution >= 4 is 33.5 Å². The van der Waals surface area contributed by atoms with Crippen molar-refractivity contribution in [2.24, 2.45) is 0 Å². The predicted octanol–water partition coefficient (Wildman–Crippen LogP) is 5.97. The van der Waals surface area contributed by atoms with Crippen LogP contribution in [0.25, 0.3) is 21.8 Å². The van der Waals surface area contributed by atoms with E-state index < -0.39 is 10.9 Å². The Labute approximate surface area is 192 Å². The van der Waals surface area contributed by atoms with E-state index in [9.17, 15) is 20.0 Å². The van der Waals surface area contributed by atoms with Crippen molar-refractivity contribution in [1.82, 2.24) is 9.97 Å². The number of nitro groups is 1. The molecule has 0 bridgehead atoms. The zero-order chi connectivity index (χ0) is 23.7. The number of nitrogens with zero attached hydrogens (tertiary/aromatic N) is 3. The Bertz CT molecular complexity index is 1470. The van der Waals surface area contributed by atoms with Crippen LogP contribution in [0.2, 0.25) is 0 Å². The van der Waals surface area contributed by atoms with Gasteiger partial charge in [0.1, 0.15) is 33.8 Å². The van der Waals surface area contributed by atoms with Crippen LogP contribution in [0.15, 0.2) is 85.2 Å². The molecule has 0 aliphatic rings. The van der Waals surface area contributed by atoms with Gasteiger partial charge in [0.05, 0.1) is 4.92 Å². The third kappa shape index (κ3) is 3.71. The average molecular weight is 453 g/mol. The number of carboxylic acids is 1. The molecule has 9 heteroatoms. The molecule has 0 saturated carbocycles. The van der Waals surface area contributed by atoms with Crippen LogP contribution in [0.1, 0.15) is 10.4 Å². The number of aromatic nitrogens is 2. The molecule has 0 aliphatic carbocycles. The van der Waals surface area contributed by atoms with Crippen molar-refractivity contribution in [1.29, 1.82) is 0 Å². The van der Waals surface area contributed by atoms with E-state index in [1.54, 1.807) is 54.6 Å². The molecule has 0 saturated heterocycles. The van der Waals surface area contributed by atoms with Crippen LogP contribution >= 0.6 is 0 Å². The number of benzene rings is 3. The normalized spacial score (nSPS) is 10.8. The second-order valence-corrected chi connectivity index (χ2v) is 7.21. The lowest BCUT2D eigenvalue weighted by Crippen LogP contribution is -2.00. The summed E-state index contributed by atoms with van der Waals surface area (Å²) in [5, 5.41) is 22.0. The van der Waals surface area contributed by atoms with Crippen LogP contribution in [-0.4, -0.2) is 26.0 Å². The highest BCUT2D eigenvalue weighted by atomic mass is 16.6. The van der Waals surface area contributed by atoms with Gasteiger partial charge >= 0.3 is 11.7 Å². The quantitative estimate of drug-likeness (QED) is 0.189. The number of hydrogen-bond donors (Lipinski definition) is 1. The Morgan fingerprint density at radius 1 is 0.735 bits per heavy atom. The van der Waals surface area contributed by atoms with E-state index in [2.05, 4.69) is 9.97 Å². The van der Waals surface area contributed by atoms with Crippen molar-refractivity contribution in [2.45, 2.75) is 0 Å². The number of fused-ring (bicyclic) bond motifs is 3. The van der Waals surface area contributed by atoms with Crippen LogP contribution in [0.3, 0.4) is 0 Å². The zero-order valence-corrected chi connectivity index (χ0v) is 17.4. The molecular formula is C25H15N3O6. The lowest BCUT2D eigenvalue weighted by atomic mass is 10.1. The Morgan fingerprint density at radius 3 is 1.85 bits per heavy atom. The second-order valence-electron chi connectivity index (χ2n) is 7.21. The van der Waals surface area contributed by atoms with Gasteiger partial charge in [-0.2, -0.15) is 0 Å². The fourth-order valence-electron chi connectivity index (χ4n) is 3.62. The fraction of sp³-hybridized carbons (Fsp3) is 0. The summed E-state index contributed by atoms with van der Waals surface area (Å²) in [4.78, 5) is 31.3. The van der Waals surface area contributed by atoms with Gasteiger partial charge in [-0.3, -0.25) is 20.1 Å². The van der Waals surface area contributed by atoms with Gasteiger partial charge < -0.3 is 14.6 Å². The Kier molecular flexibility index (Phi) is 5.19. The Hall–Kier alpha value is -5.05. The lowest BCUT2D eigenvalue weighted by Gasteiger charge is -2.13.